The van der Waals surface area contributed by atoms with Crippen LogP contribution in [0.3, 0.4) is 0 Å². The number of carboxylic acids is 1. The highest BCUT2D eigenvalue weighted by Crippen LogP contribution is 2.63. The number of aliphatic hydroxyl groups excluding tert-OH is 1. The highest BCUT2D eigenvalue weighted by Gasteiger charge is 2.55. The van der Waals surface area contributed by atoms with Gasteiger partial charge in [0, 0.05) is 0 Å². The molecule has 27 heavy (non-hydrogen) atoms. The van der Waals surface area contributed by atoms with E-state index < -0.39 is 43.2 Å². The Morgan fingerprint density at radius 3 is 2.70 bits per heavy atom. The molecule has 0 bridgehead atoms. The molecule has 0 spiro atoms. The molecule has 6 N–H and O–H groups in total. The fraction of sp³-hybridized carbons (Fsp3) is 0.500. The molecular formula is C16H20BN2O8-. The first kappa shape index (κ1) is 18.0. The molecule has 2 fully saturated rings. The van der Waals surface area contributed by atoms with Gasteiger partial charge in [0.2, 0.25) is 5.91 Å². The summed E-state index contributed by atoms with van der Waals surface area (Å²) in [5, 5.41) is 38.6. The molecule has 1 amide bonds. The minimum atomic E-state index is -3.10. The van der Waals surface area contributed by atoms with Crippen LogP contribution in [0.1, 0.15) is 28.3 Å². The molecular weight excluding hydrogens is 359 g/mol. The third-order valence-corrected chi connectivity index (χ3v) is 5.42. The summed E-state index contributed by atoms with van der Waals surface area (Å²) in [5.74, 6) is -2.28. The monoisotopic (exact) mass is 379 g/mol. The molecule has 4 rings (SSSR count). The van der Waals surface area contributed by atoms with E-state index in [4.69, 9.17) is 20.2 Å². The summed E-state index contributed by atoms with van der Waals surface area (Å²) < 4.78 is 11.0. The Bertz CT molecular complexity index is 810. The van der Waals surface area contributed by atoms with Gasteiger partial charge in [-0.1, -0.05) is 18.3 Å². The maximum Gasteiger partial charge on any atom is 0.434 e. The molecule has 1 aromatic rings. The molecule has 10 nitrogen and oxygen atoms in total. The molecule has 2 heterocycles. The topological polar surface area (TPSA) is 163 Å². The molecule has 3 unspecified atom stereocenters. The lowest BCUT2D eigenvalue weighted by molar-refractivity contribution is -0.142. The number of amides is 1. The van der Waals surface area contributed by atoms with Crippen molar-refractivity contribution in [1.82, 2.24) is 4.90 Å². The molecule has 0 aromatic heterocycles. The van der Waals surface area contributed by atoms with Crippen molar-refractivity contribution in [2.45, 2.75) is 30.3 Å². The second-order valence-electron chi connectivity index (χ2n) is 7.32. The predicted molar refractivity (Wildman–Crippen MR) is 91.4 cm³/mol. The number of fused-ring (bicyclic) bond motifs is 3. The largest absolute Gasteiger partial charge is 0.669 e. The number of aromatic carboxylic acids is 1. The van der Waals surface area contributed by atoms with Gasteiger partial charge in [-0.2, -0.15) is 0 Å². The number of hydrogen-bond donors (Lipinski definition) is 5. The number of carbonyl (C=O) groups excluding carboxylic acids is 1. The Morgan fingerprint density at radius 2 is 2.07 bits per heavy atom. The Morgan fingerprint density at radius 1 is 1.37 bits per heavy atom. The van der Waals surface area contributed by atoms with Crippen molar-refractivity contribution in [3.8, 4) is 11.5 Å². The standard InChI is InChI=1S/C16H20BN2O8/c18-11(6-20)15(21)19-4-7(5-19)26-12-2-1-8-9-3-10(9)17(24,25)27-14(8)13(12)16(22)23/h1-2,7,9-11,20,24-25H,3-6,18H2,(H,22,23)/q-1. The number of carboxylic acid groups (broad SMARTS) is 1. The van der Waals surface area contributed by atoms with Crippen LogP contribution in [0.4, 0.5) is 0 Å². The first-order valence-electron chi connectivity index (χ1n) is 8.73. The average Bonchev–Trinajstić information content (AvgIpc) is 3.37. The van der Waals surface area contributed by atoms with E-state index >= 15 is 0 Å². The van der Waals surface area contributed by atoms with Gasteiger partial charge in [-0.25, -0.2) is 4.79 Å². The molecule has 1 aromatic carbocycles. The van der Waals surface area contributed by atoms with Crippen LogP contribution in [-0.2, 0) is 4.79 Å². The molecule has 11 heteroatoms. The number of carbonyl (C=O) groups is 2. The van der Waals surface area contributed by atoms with Gasteiger partial charge >= 0.3 is 12.7 Å². The SMILES string of the molecule is NC(CO)C(=O)N1CC(Oc2ccc3c(c2C(=O)O)O[B-](O)(O)C2CC32)C1. The van der Waals surface area contributed by atoms with Crippen molar-refractivity contribution < 1.29 is 39.2 Å². The van der Waals surface area contributed by atoms with E-state index in [0.717, 1.165) is 0 Å². The maximum absolute atomic E-state index is 11.9. The van der Waals surface area contributed by atoms with Crippen LogP contribution in [0.5, 0.6) is 11.5 Å². The Balaban J connectivity index is 1.53. The second kappa shape index (κ2) is 6.09. The number of rotatable bonds is 5. The fourth-order valence-corrected chi connectivity index (χ4v) is 3.80. The average molecular weight is 379 g/mol. The van der Waals surface area contributed by atoms with Crippen molar-refractivity contribution >= 4 is 18.6 Å². The minimum Gasteiger partial charge on any atom is -0.669 e. The number of aliphatic hydroxyl groups is 1. The summed E-state index contributed by atoms with van der Waals surface area (Å²) in [7, 11) is 0. The molecule has 1 saturated heterocycles. The molecule has 0 radical (unpaired) electrons. The van der Waals surface area contributed by atoms with Crippen molar-refractivity contribution in [3.05, 3.63) is 23.3 Å². The van der Waals surface area contributed by atoms with Gasteiger partial charge in [-0.3, -0.25) is 4.79 Å². The Hall–Kier alpha value is -2.34. The van der Waals surface area contributed by atoms with Crippen LogP contribution >= 0.6 is 0 Å². The summed E-state index contributed by atoms with van der Waals surface area (Å²) in [6.45, 7) is -3.14. The first-order chi connectivity index (χ1) is 12.7. The fourth-order valence-electron chi connectivity index (χ4n) is 3.80. The number of likely N-dealkylation sites (tertiary alicyclic amines) is 1. The molecule has 1 saturated carbocycles. The molecule has 146 valence electrons. The van der Waals surface area contributed by atoms with E-state index in [2.05, 4.69) is 0 Å². The second-order valence-corrected chi connectivity index (χ2v) is 7.32. The smallest absolute Gasteiger partial charge is 0.434 e. The lowest BCUT2D eigenvalue weighted by Crippen LogP contribution is -2.60. The molecule has 3 atom stereocenters. The van der Waals surface area contributed by atoms with Gasteiger partial charge in [0.1, 0.15) is 23.5 Å². The van der Waals surface area contributed by atoms with Gasteiger partial charge in [-0.15, -0.1) is 0 Å². The van der Waals surface area contributed by atoms with Crippen LogP contribution in [-0.4, -0.2) is 75.6 Å². The Kier molecular flexibility index (Phi) is 4.07. The van der Waals surface area contributed by atoms with E-state index in [1.54, 1.807) is 6.07 Å². The molecule has 1 aliphatic carbocycles. The van der Waals surface area contributed by atoms with Crippen LogP contribution in [0.25, 0.3) is 0 Å². The normalized spacial score (nSPS) is 26.1. The number of nitrogens with two attached hydrogens (primary N) is 1. The quantitative estimate of drug-likeness (QED) is 0.382. The summed E-state index contributed by atoms with van der Waals surface area (Å²) in [6.07, 6.45) is 0.0936. The number of nitrogens with zero attached hydrogens (tertiary/aromatic N) is 1. The highest BCUT2D eigenvalue weighted by molar-refractivity contribution is 6.62. The number of benzene rings is 1. The molecule has 3 aliphatic rings. The predicted octanol–water partition coefficient (Wildman–Crippen LogP) is -1.53. The van der Waals surface area contributed by atoms with Crippen LogP contribution in [0.2, 0.25) is 5.82 Å². The van der Waals surface area contributed by atoms with E-state index in [1.807, 2.05) is 0 Å². The minimum absolute atomic E-state index is 0.0375. The van der Waals surface area contributed by atoms with E-state index in [0.29, 0.717) is 12.0 Å². The van der Waals surface area contributed by atoms with E-state index in [9.17, 15) is 24.7 Å². The summed E-state index contributed by atoms with van der Waals surface area (Å²) in [4.78, 5) is 25.0. The van der Waals surface area contributed by atoms with Gasteiger partial charge in [0.15, 0.2) is 0 Å². The third kappa shape index (κ3) is 2.92. The van der Waals surface area contributed by atoms with E-state index in [-0.39, 0.29) is 36.1 Å². The van der Waals surface area contributed by atoms with Crippen molar-refractivity contribution in [1.29, 1.82) is 0 Å². The zero-order chi connectivity index (χ0) is 19.5. The number of hydrogen-bond acceptors (Lipinski definition) is 8. The van der Waals surface area contributed by atoms with Crippen molar-refractivity contribution in [2.75, 3.05) is 19.7 Å². The van der Waals surface area contributed by atoms with Crippen LogP contribution in [0, 0.1) is 0 Å². The van der Waals surface area contributed by atoms with Gasteiger partial charge in [0.05, 0.1) is 25.4 Å². The van der Waals surface area contributed by atoms with Gasteiger partial charge in [0.25, 0.3) is 0 Å². The zero-order valence-corrected chi connectivity index (χ0v) is 14.3. The maximum atomic E-state index is 11.9. The van der Waals surface area contributed by atoms with Gasteiger partial charge in [-0.05, 0) is 17.5 Å². The Labute approximate surface area is 154 Å². The zero-order valence-electron chi connectivity index (χ0n) is 14.3. The van der Waals surface area contributed by atoms with Crippen LogP contribution < -0.4 is 15.1 Å². The third-order valence-electron chi connectivity index (χ3n) is 5.42. The van der Waals surface area contributed by atoms with Crippen molar-refractivity contribution in [3.63, 3.8) is 0 Å². The van der Waals surface area contributed by atoms with Crippen LogP contribution in [0.15, 0.2) is 12.1 Å². The lowest BCUT2D eigenvalue weighted by Gasteiger charge is -2.41. The first-order valence-corrected chi connectivity index (χ1v) is 8.73. The summed E-state index contributed by atoms with van der Waals surface area (Å²) in [6, 6.07) is 2.21. The van der Waals surface area contributed by atoms with Gasteiger partial charge < -0.3 is 40.3 Å². The summed E-state index contributed by atoms with van der Waals surface area (Å²) >= 11 is 0. The summed E-state index contributed by atoms with van der Waals surface area (Å²) in [5.41, 5.74) is 5.85. The van der Waals surface area contributed by atoms with Crippen molar-refractivity contribution in [2.24, 2.45) is 5.73 Å². The number of ether oxygens (including phenoxy) is 1. The molecule has 2 aliphatic heterocycles. The lowest BCUT2D eigenvalue weighted by atomic mass is 9.68. The van der Waals surface area contributed by atoms with E-state index in [1.165, 1.54) is 11.0 Å². The highest BCUT2D eigenvalue weighted by atomic mass is 16.6.